The standard InChI is InChI=1S/C16H28N2OS/c1-12-3-7-16(8-4-12)11-20-15(18-16)17-13(2)14-5-9-19-10-6-14/h12-14H,3-11H2,1-2H3,(H,17,18). The van der Waals surface area contributed by atoms with E-state index >= 15 is 0 Å². The van der Waals surface area contributed by atoms with E-state index in [0.717, 1.165) is 19.1 Å². The largest absolute Gasteiger partial charge is 0.381 e. The van der Waals surface area contributed by atoms with Crippen molar-refractivity contribution in [2.24, 2.45) is 16.8 Å². The van der Waals surface area contributed by atoms with Gasteiger partial charge in [-0.3, -0.25) is 4.99 Å². The lowest BCUT2D eigenvalue weighted by molar-refractivity contribution is 0.0605. The molecule has 1 unspecified atom stereocenters. The van der Waals surface area contributed by atoms with Crippen LogP contribution in [0.25, 0.3) is 0 Å². The van der Waals surface area contributed by atoms with Crippen LogP contribution in [-0.2, 0) is 4.74 Å². The van der Waals surface area contributed by atoms with Crippen molar-refractivity contribution in [1.82, 2.24) is 5.32 Å². The Bertz CT molecular complexity index is 357. The maximum Gasteiger partial charge on any atom is 0.157 e. The fourth-order valence-electron chi connectivity index (χ4n) is 3.65. The van der Waals surface area contributed by atoms with Crippen LogP contribution in [0.15, 0.2) is 4.99 Å². The van der Waals surface area contributed by atoms with Crippen molar-refractivity contribution in [3.05, 3.63) is 0 Å². The van der Waals surface area contributed by atoms with Gasteiger partial charge in [-0.05, 0) is 57.3 Å². The van der Waals surface area contributed by atoms with Gasteiger partial charge >= 0.3 is 0 Å². The van der Waals surface area contributed by atoms with Crippen molar-refractivity contribution in [3.63, 3.8) is 0 Å². The molecule has 0 aromatic carbocycles. The van der Waals surface area contributed by atoms with Gasteiger partial charge in [0.2, 0.25) is 0 Å². The number of rotatable bonds is 2. The smallest absolute Gasteiger partial charge is 0.157 e. The van der Waals surface area contributed by atoms with Gasteiger partial charge in [-0.25, -0.2) is 0 Å². The lowest BCUT2D eigenvalue weighted by Crippen LogP contribution is -2.46. The van der Waals surface area contributed by atoms with Crippen molar-refractivity contribution in [3.8, 4) is 0 Å². The molecule has 3 rings (SSSR count). The number of hydrogen-bond acceptors (Lipinski definition) is 3. The molecule has 3 aliphatic rings. The van der Waals surface area contributed by atoms with Gasteiger partial charge in [-0.1, -0.05) is 18.7 Å². The molecule has 1 spiro atoms. The Hall–Kier alpha value is -0.220. The summed E-state index contributed by atoms with van der Waals surface area (Å²) in [5, 5.41) is 4.99. The van der Waals surface area contributed by atoms with Gasteiger partial charge in [0.05, 0.1) is 6.04 Å². The second-order valence-electron chi connectivity index (χ2n) is 7.00. The van der Waals surface area contributed by atoms with Crippen LogP contribution in [0.2, 0.25) is 0 Å². The highest BCUT2D eigenvalue weighted by Crippen LogP contribution is 2.38. The predicted octanol–water partition coefficient (Wildman–Crippen LogP) is 3.44. The molecule has 4 heteroatoms. The van der Waals surface area contributed by atoms with Gasteiger partial charge in [0.1, 0.15) is 0 Å². The van der Waals surface area contributed by atoms with E-state index in [-0.39, 0.29) is 0 Å². The zero-order valence-corrected chi connectivity index (χ0v) is 13.7. The molecule has 1 aliphatic carbocycles. The minimum atomic E-state index is 0.366. The van der Waals surface area contributed by atoms with E-state index in [1.807, 2.05) is 11.8 Å². The Balaban J connectivity index is 1.57. The zero-order valence-electron chi connectivity index (χ0n) is 12.9. The molecule has 0 bridgehead atoms. The highest BCUT2D eigenvalue weighted by Gasteiger charge is 2.39. The van der Waals surface area contributed by atoms with E-state index in [2.05, 4.69) is 19.2 Å². The Labute approximate surface area is 127 Å². The molecule has 0 radical (unpaired) electrons. The summed E-state index contributed by atoms with van der Waals surface area (Å²) in [6.45, 7) is 6.50. The summed E-state index contributed by atoms with van der Waals surface area (Å²) in [7, 11) is 0. The van der Waals surface area contributed by atoms with E-state index in [1.54, 1.807) is 0 Å². The van der Waals surface area contributed by atoms with Gasteiger partial charge in [0.15, 0.2) is 5.17 Å². The first-order chi connectivity index (χ1) is 9.67. The van der Waals surface area contributed by atoms with Crippen molar-refractivity contribution in [2.45, 2.75) is 64.0 Å². The molecule has 0 aromatic heterocycles. The third-order valence-corrected chi connectivity index (χ3v) is 6.54. The molecule has 2 heterocycles. The third-order valence-electron chi connectivity index (χ3n) is 5.36. The first-order valence-corrected chi connectivity index (χ1v) is 9.22. The van der Waals surface area contributed by atoms with Crippen LogP contribution < -0.4 is 5.32 Å². The van der Waals surface area contributed by atoms with Crippen LogP contribution in [-0.4, -0.2) is 35.7 Å². The maximum atomic E-state index is 5.45. The van der Waals surface area contributed by atoms with Crippen LogP contribution in [0.4, 0.5) is 0 Å². The minimum absolute atomic E-state index is 0.366. The van der Waals surface area contributed by atoms with Gasteiger partial charge < -0.3 is 10.1 Å². The number of nitrogens with zero attached hydrogens (tertiary/aromatic N) is 1. The number of thioether (sulfide) groups is 1. The molecule has 1 atom stereocenters. The summed E-state index contributed by atoms with van der Waals surface area (Å²) in [5.74, 6) is 2.84. The first kappa shape index (κ1) is 14.7. The second kappa shape index (κ2) is 6.27. The molecular weight excluding hydrogens is 268 g/mol. The second-order valence-corrected chi connectivity index (χ2v) is 7.97. The predicted molar refractivity (Wildman–Crippen MR) is 86.4 cm³/mol. The molecule has 0 aromatic rings. The fourth-order valence-corrected chi connectivity index (χ4v) is 4.95. The number of amidine groups is 1. The topological polar surface area (TPSA) is 33.6 Å². The minimum Gasteiger partial charge on any atom is -0.381 e. The summed E-state index contributed by atoms with van der Waals surface area (Å²) in [6, 6.07) is 0.437. The fraction of sp³-hybridized carbons (Fsp3) is 0.938. The normalized spacial score (nSPS) is 39.1. The highest BCUT2D eigenvalue weighted by molar-refractivity contribution is 8.14. The summed E-state index contributed by atoms with van der Waals surface area (Å²) in [6.07, 6.45) is 7.74. The number of hydrogen-bond donors (Lipinski definition) is 1. The maximum absolute atomic E-state index is 5.45. The van der Waals surface area contributed by atoms with Crippen molar-refractivity contribution >= 4 is 16.9 Å². The SMILES string of the molecule is CC1CCC2(CC1)CSC(=NC(C)C1CCOCC1)N2. The third kappa shape index (κ3) is 3.33. The monoisotopic (exact) mass is 296 g/mol. The molecular formula is C16H28N2OS. The van der Waals surface area contributed by atoms with Crippen molar-refractivity contribution in [1.29, 1.82) is 0 Å². The molecule has 1 saturated carbocycles. The van der Waals surface area contributed by atoms with Gasteiger partial charge in [0, 0.05) is 24.5 Å². The Morgan fingerprint density at radius 2 is 1.95 bits per heavy atom. The van der Waals surface area contributed by atoms with Crippen molar-refractivity contribution < 1.29 is 4.74 Å². The van der Waals surface area contributed by atoms with Crippen molar-refractivity contribution in [2.75, 3.05) is 19.0 Å². The van der Waals surface area contributed by atoms with E-state index in [0.29, 0.717) is 17.5 Å². The summed E-state index contributed by atoms with van der Waals surface area (Å²) < 4.78 is 5.45. The van der Waals surface area contributed by atoms with Crippen LogP contribution in [0, 0.1) is 11.8 Å². The lowest BCUT2D eigenvalue weighted by atomic mass is 9.78. The van der Waals surface area contributed by atoms with Gasteiger partial charge in [0.25, 0.3) is 0 Å². The average Bonchev–Trinajstić information content (AvgIpc) is 2.86. The number of ether oxygens (including phenoxy) is 1. The molecule has 2 saturated heterocycles. The molecule has 0 amide bonds. The van der Waals surface area contributed by atoms with Crippen LogP contribution >= 0.6 is 11.8 Å². The Morgan fingerprint density at radius 1 is 1.25 bits per heavy atom. The molecule has 1 N–H and O–H groups in total. The van der Waals surface area contributed by atoms with Crippen LogP contribution in [0.5, 0.6) is 0 Å². The summed E-state index contributed by atoms with van der Waals surface area (Å²) in [5.41, 5.74) is 0.366. The Morgan fingerprint density at radius 3 is 2.65 bits per heavy atom. The van der Waals surface area contributed by atoms with E-state index in [1.165, 1.54) is 49.4 Å². The van der Waals surface area contributed by atoms with Crippen LogP contribution in [0.3, 0.4) is 0 Å². The average molecular weight is 296 g/mol. The van der Waals surface area contributed by atoms with E-state index in [9.17, 15) is 0 Å². The molecule has 2 aliphatic heterocycles. The molecule has 20 heavy (non-hydrogen) atoms. The molecule has 3 nitrogen and oxygen atoms in total. The highest BCUT2D eigenvalue weighted by atomic mass is 32.2. The number of aliphatic imine (C=N–C) groups is 1. The zero-order chi connectivity index (χ0) is 14.0. The first-order valence-electron chi connectivity index (χ1n) is 8.23. The van der Waals surface area contributed by atoms with Crippen LogP contribution in [0.1, 0.15) is 52.4 Å². The van der Waals surface area contributed by atoms with E-state index < -0.39 is 0 Å². The Kier molecular flexibility index (Phi) is 4.61. The summed E-state index contributed by atoms with van der Waals surface area (Å²) >= 11 is 1.95. The van der Waals surface area contributed by atoms with Gasteiger partial charge in [-0.15, -0.1) is 0 Å². The summed E-state index contributed by atoms with van der Waals surface area (Å²) in [4.78, 5) is 4.98. The molecule has 3 fully saturated rings. The lowest BCUT2D eigenvalue weighted by Gasteiger charge is -2.35. The number of nitrogens with one attached hydrogen (secondary N) is 1. The van der Waals surface area contributed by atoms with E-state index in [4.69, 9.17) is 9.73 Å². The molecule has 114 valence electrons. The quantitative estimate of drug-likeness (QED) is 0.847. The van der Waals surface area contributed by atoms with Gasteiger partial charge in [-0.2, -0.15) is 0 Å².